The summed E-state index contributed by atoms with van der Waals surface area (Å²) in [6.07, 6.45) is -4.42. The molecule has 0 amide bonds. The first kappa shape index (κ1) is 21.8. The van der Waals surface area contributed by atoms with Crippen LogP contribution >= 0.6 is 11.8 Å². The maximum Gasteiger partial charge on any atom is 0.338 e. The minimum atomic E-state index is -1.30. The zero-order valence-electron chi connectivity index (χ0n) is 15.9. The van der Waals surface area contributed by atoms with Crippen LogP contribution in [0.25, 0.3) is 0 Å². The Labute approximate surface area is 173 Å². The van der Waals surface area contributed by atoms with Gasteiger partial charge in [-0.25, -0.2) is 4.79 Å². The van der Waals surface area contributed by atoms with E-state index in [0.29, 0.717) is 10.5 Å². The molecule has 5 atom stereocenters. The molecule has 0 aromatic heterocycles. The minimum Gasteiger partial charge on any atom is -0.465 e. The number of aliphatic hydroxyl groups is 3. The van der Waals surface area contributed by atoms with E-state index in [1.165, 1.54) is 18.9 Å². The van der Waals surface area contributed by atoms with E-state index in [1.807, 2.05) is 30.3 Å². The second-order valence-corrected chi connectivity index (χ2v) is 7.71. The molecule has 1 aliphatic heterocycles. The molecule has 1 fully saturated rings. The van der Waals surface area contributed by atoms with Crippen molar-refractivity contribution in [3.63, 3.8) is 0 Å². The predicted molar refractivity (Wildman–Crippen MR) is 106 cm³/mol. The van der Waals surface area contributed by atoms with Gasteiger partial charge in [0.05, 0.1) is 25.9 Å². The zero-order valence-corrected chi connectivity index (χ0v) is 16.7. The number of methoxy groups -OCH3 is 1. The molecule has 2 aromatic carbocycles. The molecule has 1 heterocycles. The Bertz CT molecular complexity index is 801. The van der Waals surface area contributed by atoms with Gasteiger partial charge in [-0.2, -0.15) is 0 Å². The summed E-state index contributed by atoms with van der Waals surface area (Å²) in [4.78, 5) is 12.6. The third-order valence-electron chi connectivity index (χ3n) is 4.65. The van der Waals surface area contributed by atoms with Crippen molar-refractivity contribution in [3.8, 4) is 0 Å². The van der Waals surface area contributed by atoms with Crippen LogP contribution in [0.2, 0.25) is 0 Å². The number of hydrogen-bond acceptors (Lipinski definition) is 8. The van der Waals surface area contributed by atoms with Gasteiger partial charge in [0.25, 0.3) is 0 Å². The average Bonchev–Trinajstić information content (AvgIpc) is 2.76. The van der Waals surface area contributed by atoms with Crippen LogP contribution < -0.4 is 0 Å². The summed E-state index contributed by atoms with van der Waals surface area (Å²) in [5.74, 6) is -0.495. The number of rotatable bonds is 7. The van der Waals surface area contributed by atoms with Gasteiger partial charge in [0.15, 0.2) is 0 Å². The molecule has 1 saturated heterocycles. The fourth-order valence-corrected chi connectivity index (χ4v) is 4.33. The van der Waals surface area contributed by atoms with Gasteiger partial charge in [-0.1, -0.05) is 54.2 Å². The first-order valence-corrected chi connectivity index (χ1v) is 10.0. The summed E-state index contributed by atoms with van der Waals surface area (Å²) in [6.45, 7) is -0.252. The van der Waals surface area contributed by atoms with Crippen molar-refractivity contribution in [2.75, 3.05) is 13.7 Å². The molecule has 0 radical (unpaired) electrons. The molecule has 29 heavy (non-hydrogen) atoms. The number of ether oxygens (including phenoxy) is 3. The highest BCUT2D eigenvalue weighted by molar-refractivity contribution is 8.00. The van der Waals surface area contributed by atoms with E-state index in [-0.39, 0.29) is 6.61 Å². The topological polar surface area (TPSA) is 105 Å². The fourth-order valence-electron chi connectivity index (χ4n) is 3.07. The third kappa shape index (κ3) is 5.16. The molecule has 0 bridgehead atoms. The second kappa shape index (κ2) is 10.2. The van der Waals surface area contributed by atoms with Crippen molar-refractivity contribution >= 4 is 17.7 Å². The van der Waals surface area contributed by atoms with Crippen LogP contribution in [0.3, 0.4) is 0 Å². The molecular weight excluding hydrogens is 396 g/mol. The average molecular weight is 420 g/mol. The first-order valence-electron chi connectivity index (χ1n) is 9.17. The lowest BCUT2D eigenvalue weighted by Gasteiger charge is -2.41. The van der Waals surface area contributed by atoms with Gasteiger partial charge >= 0.3 is 5.97 Å². The minimum absolute atomic E-state index is 0.206. The van der Waals surface area contributed by atoms with E-state index >= 15 is 0 Å². The molecule has 1 aliphatic rings. The lowest BCUT2D eigenvalue weighted by Crippen LogP contribution is -2.58. The highest BCUT2D eigenvalue weighted by Gasteiger charge is 2.45. The molecule has 8 heteroatoms. The Morgan fingerprint density at radius 2 is 1.76 bits per heavy atom. The highest BCUT2D eigenvalue weighted by Crippen LogP contribution is 2.36. The normalized spacial score (nSPS) is 26.8. The maximum atomic E-state index is 12.1. The van der Waals surface area contributed by atoms with E-state index < -0.39 is 42.4 Å². The van der Waals surface area contributed by atoms with E-state index in [2.05, 4.69) is 0 Å². The van der Waals surface area contributed by atoms with E-state index in [1.54, 1.807) is 24.3 Å². The van der Waals surface area contributed by atoms with E-state index in [4.69, 9.17) is 14.2 Å². The van der Waals surface area contributed by atoms with Crippen molar-refractivity contribution in [1.29, 1.82) is 0 Å². The second-order valence-electron chi connectivity index (χ2n) is 6.57. The van der Waals surface area contributed by atoms with Gasteiger partial charge in [-0.3, -0.25) is 0 Å². The number of carbonyl (C=O) groups is 1. The summed E-state index contributed by atoms with van der Waals surface area (Å²) >= 11 is 1.17. The number of carbonyl (C=O) groups excluding carboxylic acids is 1. The van der Waals surface area contributed by atoms with Gasteiger partial charge in [-0.15, -0.1) is 0 Å². The summed E-state index contributed by atoms with van der Waals surface area (Å²) in [7, 11) is 1.30. The Balaban J connectivity index is 1.83. The monoisotopic (exact) mass is 420 g/mol. The zero-order chi connectivity index (χ0) is 20.8. The molecule has 2 aromatic rings. The lowest BCUT2D eigenvalue weighted by molar-refractivity contribution is -0.221. The van der Waals surface area contributed by atoms with Gasteiger partial charge in [-0.05, 0) is 17.7 Å². The van der Waals surface area contributed by atoms with Gasteiger partial charge in [0.2, 0.25) is 0 Å². The van der Waals surface area contributed by atoms with Crippen molar-refractivity contribution in [3.05, 3.63) is 65.7 Å². The highest BCUT2D eigenvalue weighted by atomic mass is 32.2. The number of hydrogen-bond donors (Lipinski definition) is 3. The summed E-state index contributed by atoms with van der Waals surface area (Å²) in [5, 5.41) is 30.4. The Kier molecular flexibility index (Phi) is 7.65. The number of thioether (sulfide) groups is 1. The summed E-state index contributed by atoms with van der Waals surface area (Å²) in [5.41, 5.74) is 0.490. The SMILES string of the molecule is COC(=O)c1ccccc1S[C@@H]1O[C@H](CO)[C@@H](O)[C@H](O)[C@H]1OCc1ccccc1. The third-order valence-corrected chi connectivity index (χ3v) is 5.87. The number of benzene rings is 2. The number of aliphatic hydroxyl groups excluding tert-OH is 3. The fraction of sp³-hybridized carbons (Fsp3) is 0.381. The molecule has 0 aliphatic carbocycles. The molecule has 7 nitrogen and oxygen atoms in total. The Hall–Kier alpha value is -1.94. The summed E-state index contributed by atoms with van der Waals surface area (Å²) in [6, 6.07) is 16.3. The van der Waals surface area contributed by atoms with Gasteiger partial charge in [0.1, 0.15) is 29.9 Å². The molecule has 3 rings (SSSR count). The Morgan fingerprint density at radius 1 is 1.07 bits per heavy atom. The van der Waals surface area contributed by atoms with Crippen LogP contribution in [-0.4, -0.2) is 64.9 Å². The van der Waals surface area contributed by atoms with Gasteiger partial charge < -0.3 is 29.5 Å². The quantitative estimate of drug-likeness (QED) is 0.580. The van der Waals surface area contributed by atoms with Crippen molar-refractivity contribution in [2.45, 2.75) is 41.4 Å². The molecule has 3 N–H and O–H groups in total. The van der Waals surface area contributed by atoms with Crippen LogP contribution in [0.4, 0.5) is 0 Å². The largest absolute Gasteiger partial charge is 0.465 e. The van der Waals surface area contributed by atoms with Crippen LogP contribution in [0.1, 0.15) is 15.9 Å². The maximum absolute atomic E-state index is 12.1. The van der Waals surface area contributed by atoms with Gasteiger partial charge in [0, 0.05) is 4.90 Å². The predicted octanol–water partition coefficient (Wildman–Crippen LogP) is 1.59. The van der Waals surface area contributed by atoms with Crippen LogP contribution in [0.15, 0.2) is 59.5 Å². The van der Waals surface area contributed by atoms with Crippen molar-refractivity contribution in [2.24, 2.45) is 0 Å². The molecule has 156 valence electrons. The van der Waals surface area contributed by atoms with Crippen LogP contribution in [0.5, 0.6) is 0 Å². The Morgan fingerprint density at radius 3 is 2.45 bits per heavy atom. The van der Waals surface area contributed by atoms with Crippen LogP contribution in [-0.2, 0) is 20.8 Å². The van der Waals surface area contributed by atoms with Crippen LogP contribution in [0, 0.1) is 0 Å². The molecule has 0 unspecified atom stereocenters. The lowest BCUT2D eigenvalue weighted by atomic mass is 10.00. The first-order chi connectivity index (χ1) is 14.0. The number of esters is 1. The van der Waals surface area contributed by atoms with E-state index in [9.17, 15) is 20.1 Å². The van der Waals surface area contributed by atoms with E-state index in [0.717, 1.165) is 5.56 Å². The molecule has 0 saturated carbocycles. The van der Waals surface area contributed by atoms with Crippen molar-refractivity contribution < 1.29 is 34.3 Å². The summed E-state index contributed by atoms with van der Waals surface area (Å²) < 4.78 is 16.5. The molecular formula is C21H24O7S. The standard InChI is InChI=1S/C21H24O7S/c1-26-20(25)14-9-5-6-10-16(14)29-21-19(18(24)17(23)15(11-22)28-21)27-12-13-7-3-2-4-8-13/h2-10,15,17-19,21-24H,11-12H2,1H3/t15-,17-,18+,19-,21+/m1/s1. The smallest absolute Gasteiger partial charge is 0.338 e. The van der Waals surface area contributed by atoms with Crippen molar-refractivity contribution in [1.82, 2.24) is 0 Å². The molecule has 0 spiro atoms.